The fourth-order valence-corrected chi connectivity index (χ4v) is 2.05. The highest BCUT2D eigenvalue weighted by Crippen LogP contribution is 2.37. The van der Waals surface area contributed by atoms with Gasteiger partial charge in [0, 0.05) is 18.6 Å². The Kier molecular flexibility index (Phi) is 1.44. The lowest BCUT2D eigenvalue weighted by molar-refractivity contribution is 0.0793. The molecular weight excluding hydrogens is 130 g/mol. The molecule has 0 amide bonds. The van der Waals surface area contributed by atoms with Gasteiger partial charge in [0.05, 0.1) is 12.2 Å². The van der Waals surface area contributed by atoms with E-state index in [0.29, 0.717) is 0 Å². The van der Waals surface area contributed by atoms with Crippen LogP contribution < -0.4 is 5.73 Å². The van der Waals surface area contributed by atoms with Gasteiger partial charge in [-0.3, -0.25) is 0 Å². The number of ether oxygens (including phenoxy) is 1. The molecule has 2 fully saturated rings. The third kappa shape index (κ3) is 0.713. The predicted molar refractivity (Wildman–Crippen MR) is 36.4 cm³/mol. The second kappa shape index (κ2) is 2.19. The maximum Gasteiger partial charge on any atom is 0.0735 e. The summed E-state index contributed by atoms with van der Waals surface area (Å²) in [5, 5.41) is 8.90. The van der Waals surface area contributed by atoms with Crippen LogP contribution in [0.3, 0.4) is 0 Å². The number of aliphatic hydroxyl groups excluding tert-OH is 1. The maximum absolute atomic E-state index is 8.90. The summed E-state index contributed by atoms with van der Waals surface area (Å²) in [4.78, 5) is 0. The zero-order chi connectivity index (χ0) is 7.14. The van der Waals surface area contributed by atoms with Crippen LogP contribution in [0.4, 0.5) is 0 Å². The largest absolute Gasteiger partial charge is 0.396 e. The topological polar surface area (TPSA) is 55.5 Å². The molecule has 0 spiro atoms. The summed E-state index contributed by atoms with van der Waals surface area (Å²) in [5.41, 5.74) is 5.79. The third-order valence-corrected chi connectivity index (χ3v) is 2.70. The van der Waals surface area contributed by atoms with E-state index in [1.165, 1.54) is 0 Å². The number of aliphatic hydroxyl groups is 1. The minimum absolute atomic E-state index is 0.0868. The molecule has 10 heavy (non-hydrogen) atoms. The van der Waals surface area contributed by atoms with Gasteiger partial charge in [-0.05, 0) is 12.8 Å². The lowest BCUT2D eigenvalue weighted by Crippen LogP contribution is -2.41. The number of hydrogen-bond acceptors (Lipinski definition) is 3. The summed E-state index contributed by atoms with van der Waals surface area (Å²) in [6.45, 7) is 0.183. The molecule has 2 rings (SSSR count). The summed E-state index contributed by atoms with van der Waals surface area (Å²) in [6.07, 6.45) is 2.67. The molecule has 4 atom stereocenters. The maximum atomic E-state index is 8.90. The van der Waals surface area contributed by atoms with Crippen LogP contribution in [0, 0.1) is 5.92 Å². The van der Waals surface area contributed by atoms with Gasteiger partial charge >= 0.3 is 0 Å². The molecule has 3 N–H and O–H groups in total. The smallest absolute Gasteiger partial charge is 0.0735 e. The molecule has 3 heteroatoms. The normalized spacial score (nSPS) is 52.2. The van der Waals surface area contributed by atoms with E-state index in [-0.39, 0.29) is 30.8 Å². The number of rotatable bonds is 1. The third-order valence-electron chi connectivity index (χ3n) is 2.70. The second-order valence-corrected chi connectivity index (χ2v) is 3.21. The lowest BCUT2D eigenvalue weighted by Gasteiger charge is -2.21. The van der Waals surface area contributed by atoms with Crippen molar-refractivity contribution in [3.63, 3.8) is 0 Å². The van der Waals surface area contributed by atoms with Gasteiger partial charge in [-0.25, -0.2) is 0 Å². The Labute approximate surface area is 60.2 Å². The first-order chi connectivity index (χ1) is 4.83. The molecule has 4 unspecified atom stereocenters. The summed E-state index contributed by atoms with van der Waals surface area (Å²) in [5.74, 6) is 0.207. The molecule has 0 aromatic heterocycles. The first-order valence-electron chi connectivity index (χ1n) is 3.85. The number of hydrogen-bond donors (Lipinski definition) is 2. The minimum atomic E-state index is 0.0868. The average Bonchev–Trinajstić information content (AvgIpc) is 2.46. The summed E-state index contributed by atoms with van der Waals surface area (Å²) < 4.78 is 5.50. The molecule has 0 saturated carbocycles. The van der Waals surface area contributed by atoms with E-state index < -0.39 is 0 Å². The molecular formula is C7H13NO2. The average molecular weight is 143 g/mol. The highest BCUT2D eigenvalue weighted by Gasteiger charge is 2.46. The Morgan fingerprint density at radius 1 is 1.40 bits per heavy atom. The Morgan fingerprint density at radius 2 is 2.10 bits per heavy atom. The molecule has 58 valence electrons. The zero-order valence-corrected chi connectivity index (χ0v) is 5.86. The molecule has 2 aliphatic rings. The van der Waals surface area contributed by atoms with Crippen LogP contribution in [0.15, 0.2) is 0 Å². The summed E-state index contributed by atoms with van der Waals surface area (Å²) in [6, 6.07) is 0.0868. The molecule has 2 aliphatic heterocycles. The molecule has 0 aromatic rings. The molecule has 2 saturated heterocycles. The lowest BCUT2D eigenvalue weighted by atomic mass is 9.86. The number of nitrogens with two attached hydrogens (primary N) is 1. The van der Waals surface area contributed by atoms with E-state index in [1.807, 2.05) is 0 Å². The van der Waals surface area contributed by atoms with Crippen LogP contribution in [0.1, 0.15) is 12.8 Å². The first-order valence-corrected chi connectivity index (χ1v) is 3.85. The molecule has 0 radical (unpaired) electrons. The first kappa shape index (κ1) is 6.58. The monoisotopic (exact) mass is 143 g/mol. The van der Waals surface area contributed by atoms with Crippen LogP contribution in [0.5, 0.6) is 0 Å². The fourth-order valence-electron chi connectivity index (χ4n) is 2.05. The highest BCUT2D eigenvalue weighted by atomic mass is 16.5. The van der Waals surface area contributed by atoms with Gasteiger partial charge in [0.15, 0.2) is 0 Å². The van der Waals surface area contributed by atoms with E-state index in [4.69, 9.17) is 15.6 Å². The Bertz CT molecular complexity index is 138. The van der Waals surface area contributed by atoms with Gasteiger partial charge in [-0.2, -0.15) is 0 Å². The number of fused-ring (bicyclic) bond motifs is 2. The van der Waals surface area contributed by atoms with Crippen molar-refractivity contribution in [2.45, 2.75) is 31.1 Å². The van der Waals surface area contributed by atoms with Crippen LogP contribution in [-0.4, -0.2) is 30.0 Å². The molecule has 0 aromatic carbocycles. The van der Waals surface area contributed by atoms with E-state index in [9.17, 15) is 0 Å². The zero-order valence-electron chi connectivity index (χ0n) is 5.86. The van der Waals surface area contributed by atoms with Gasteiger partial charge in [0.25, 0.3) is 0 Å². The fraction of sp³-hybridized carbons (Fsp3) is 1.00. The van der Waals surface area contributed by atoms with Crippen molar-refractivity contribution in [1.82, 2.24) is 0 Å². The summed E-state index contributed by atoms with van der Waals surface area (Å²) in [7, 11) is 0. The molecule has 3 nitrogen and oxygen atoms in total. The summed E-state index contributed by atoms with van der Waals surface area (Å²) >= 11 is 0. The van der Waals surface area contributed by atoms with Crippen molar-refractivity contribution in [2.24, 2.45) is 11.7 Å². The van der Waals surface area contributed by atoms with Crippen molar-refractivity contribution in [2.75, 3.05) is 6.61 Å². The van der Waals surface area contributed by atoms with Crippen LogP contribution in [-0.2, 0) is 4.74 Å². The van der Waals surface area contributed by atoms with Gasteiger partial charge < -0.3 is 15.6 Å². The van der Waals surface area contributed by atoms with Crippen molar-refractivity contribution in [3.05, 3.63) is 0 Å². The van der Waals surface area contributed by atoms with E-state index in [1.54, 1.807) is 0 Å². The molecule has 2 heterocycles. The van der Waals surface area contributed by atoms with Crippen molar-refractivity contribution in [3.8, 4) is 0 Å². The SMILES string of the molecule is NC1C2CCC(O2)C1CO. The van der Waals surface area contributed by atoms with E-state index in [0.717, 1.165) is 12.8 Å². The van der Waals surface area contributed by atoms with Gasteiger partial charge in [-0.1, -0.05) is 0 Å². The second-order valence-electron chi connectivity index (χ2n) is 3.21. The van der Waals surface area contributed by atoms with Gasteiger partial charge in [-0.15, -0.1) is 0 Å². The van der Waals surface area contributed by atoms with Crippen molar-refractivity contribution >= 4 is 0 Å². The highest BCUT2D eigenvalue weighted by molar-refractivity contribution is 4.98. The predicted octanol–water partition coefficient (Wildman–Crippen LogP) is -0.517. The van der Waals surface area contributed by atoms with Crippen LogP contribution in [0.2, 0.25) is 0 Å². The minimum Gasteiger partial charge on any atom is -0.396 e. The molecule has 0 aliphatic carbocycles. The van der Waals surface area contributed by atoms with Crippen molar-refractivity contribution in [1.29, 1.82) is 0 Å². The Morgan fingerprint density at radius 3 is 2.50 bits per heavy atom. The van der Waals surface area contributed by atoms with E-state index in [2.05, 4.69) is 0 Å². The molecule has 2 bridgehead atoms. The van der Waals surface area contributed by atoms with Crippen LogP contribution in [0.25, 0.3) is 0 Å². The van der Waals surface area contributed by atoms with Crippen molar-refractivity contribution < 1.29 is 9.84 Å². The van der Waals surface area contributed by atoms with Gasteiger partial charge in [0.2, 0.25) is 0 Å². The Hall–Kier alpha value is -0.120. The van der Waals surface area contributed by atoms with Crippen LogP contribution >= 0.6 is 0 Å². The van der Waals surface area contributed by atoms with Gasteiger partial charge in [0.1, 0.15) is 0 Å². The quantitative estimate of drug-likeness (QED) is 0.519. The standard InChI is InChI=1S/C7H13NO2/c8-7-4(3-9)5-1-2-6(7)10-5/h4-7,9H,1-3,8H2. The Balaban J connectivity index is 2.10. The van der Waals surface area contributed by atoms with E-state index >= 15 is 0 Å².